The van der Waals surface area contributed by atoms with Crippen LogP contribution in [0.15, 0.2) is 85.1 Å². The summed E-state index contributed by atoms with van der Waals surface area (Å²) in [6.07, 6.45) is 90.7. The van der Waals surface area contributed by atoms with Crippen LogP contribution in [0.25, 0.3) is 0 Å². The van der Waals surface area contributed by atoms with Gasteiger partial charge in [0.15, 0.2) is 6.10 Å². The van der Waals surface area contributed by atoms with E-state index in [0.717, 1.165) is 77.0 Å². The standard InChI is InChI=1S/C74H130O6/c1-4-7-10-13-16-19-22-25-28-30-32-34-36-37-38-40-41-43-46-49-52-55-58-61-64-67-73(76)79-70-71(69-78-72(75)66-63-60-57-54-51-48-45-27-24-21-18-15-12-9-6-3)80-74(77)68-65-62-59-56-53-50-47-44-42-39-35-33-31-29-26-23-20-17-14-11-8-5-2/h9,12,18,21-22,25,27,30,32,45,51,54,60,63,71H,4-8,10-11,13-17,19-20,23-24,26,28-29,31,33-44,46-50,52-53,55-59,61-62,64-70H2,1-3H3/b12-9-,21-18-,25-22-,32-30-,45-27-,54-51-,63-60-. The Morgan fingerprint density at radius 2 is 0.537 bits per heavy atom. The Hall–Kier alpha value is -3.41. The van der Waals surface area contributed by atoms with Crippen LogP contribution in [0.1, 0.15) is 348 Å². The third kappa shape index (κ3) is 65.4. The first kappa shape index (κ1) is 76.6. The maximum atomic E-state index is 12.9. The predicted octanol–water partition coefficient (Wildman–Crippen LogP) is 23.8. The van der Waals surface area contributed by atoms with Gasteiger partial charge in [0.2, 0.25) is 0 Å². The van der Waals surface area contributed by atoms with E-state index in [1.54, 1.807) is 0 Å². The zero-order valence-electron chi connectivity index (χ0n) is 53.1. The lowest BCUT2D eigenvalue weighted by Gasteiger charge is -2.18. The van der Waals surface area contributed by atoms with Crippen molar-refractivity contribution >= 4 is 17.9 Å². The molecule has 1 atom stereocenters. The summed E-state index contributed by atoms with van der Waals surface area (Å²) in [4.78, 5) is 38.3. The summed E-state index contributed by atoms with van der Waals surface area (Å²) in [6.45, 7) is 6.48. The van der Waals surface area contributed by atoms with Crippen LogP contribution in [0.5, 0.6) is 0 Å². The van der Waals surface area contributed by atoms with E-state index in [0.29, 0.717) is 12.8 Å². The van der Waals surface area contributed by atoms with Gasteiger partial charge >= 0.3 is 17.9 Å². The number of unbranched alkanes of at least 4 members (excludes halogenated alkanes) is 39. The van der Waals surface area contributed by atoms with E-state index in [1.165, 1.54) is 231 Å². The van der Waals surface area contributed by atoms with E-state index in [2.05, 4.69) is 93.7 Å². The Morgan fingerprint density at radius 1 is 0.275 bits per heavy atom. The molecule has 0 spiro atoms. The first-order chi connectivity index (χ1) is 39.5. The molecule has 0 saturated carbocycles. The smallest absolute Gasteiger partial charge is 0.309 e. The van der Waals surface area contributed by atoms with Crippen LogP contribution in [0.2, 0.25) is 0 Å². The highest BCUT2D eigenvalue weighted by molar-refractivity contribution is 5.72. The Balaban J connectivity index is 4.35. The molecule has 0 N–H and O–H groups in total. The number of carbonyl (C=O) groups is 3. The van der Waals surface area contributed by atoms with Crippen LogP contribution < -0.4 is 0 Å². The fourth-order valence-corrected chi connectivity index (χ4v) is 10.0. The van der Waals surface area contributed by atoms with Crippen LogP contribution in [-0.4, -0.2) is 37.2 Å². The summed E-state index contributed by atoms with van der Waals surface area (Å²) < 4.78 is 16.9. The van der Waals surface area contributed by atoms with Crippen molar-refractivity contribution in [2.24, 2.45) is 0 Å². The molecule has 0 rings (SSSR count). The molecule has 0 aromatic rings. The molecule has 0 aliphatic carbocycles. The Labute approximate surface area is 496 Å². The summed E-state index contributed by atoms with van der Waals surface area (Å²) in [5, 5.41) is 0. The van der Waals surface area contributed by atoms with Gasteiger partial charge in [0.1, 0.15) is 13.2 Å². The fourth-order valence-electron chi connectivity index (χ4n) is 10.0. The highest BCUT2D eigenvalue weighted by Crippen LogP contribution is 2.18. The van der Waals surface area contributed by atoms with E-state index in [-0.39, 0.29) is 31.6 Å². The number of hydrogen-bond donors (Lipinski definition) is 0. The first-order valence-electron chi connectivity index (χ1n) is 34.6. The van der Waals surface area contributed by atoms with Gasteiger partial charge in [-0.25, -0.2) is 0 Å². The second-order valence-electron chi connectivity index (χ2n) is 23.1. The normalized spacial score (nSPS) is 12.6. The SMILES string of the molecule is CC/C=C\C/C=C\C/C=C\C/C=C\C/C=C\CC(=O)OCC(COC(=O)CCCCCCCCCCCCCCC/C=C\C/C=C\CCCCCCC)OC(=O)CCCCCCCCCCCCCCCCCCCCCCCC. The molecule has 0 bridgehead atoms. The van der Waals surface area contributed by atoms with Crippen LogP contribution in [0.3, 0.4) is 0 Å². The van der Waals surface area contributed by atoms with E-state index in [1.807, 2.05) is 12.2 Å². The number of esters is 3. The van der Waals surface area contributed by atoms with Gasteiger partial charge in [-0.1, -0.05) is 337 Å². The topological polar surface area (TPSA) is 78.9 Å². The minimum absolute atomic E-state index is 0.104. The van der Waals surface area contributed by atoms with Crippen molar-refractivity contribution in [3.63, 3.8) is 0 Å². The van der Waals surface area contributed by atoms with Gasteiger partial charge in [-0.3, -0.25) is 14.4 Å². The van der Waals surface area contributed by atoms with Gasteiger partial charge in [0.25, 0.3) is 0 Å². The molecule has 0 amide bonds. The Bertz CT molecular complexity index is 1520. The molecule has 6 heteroatoms. The van der Waals surface area contributed by atoms with E-state index in [9.17, 15) is 14.4 Å². The highest BCUT2D eigenvalue weighted by Gasteiger charge is 2.19. The third-order valence-electron chi connectivity index (χ3n) is 15.2. The molecule has 0 aliphatic heterocycles. The van der Waals surface area contributed by atoms with Crippen molar-refractivity contribution in [2.75, 3.05) is 13.2 Å². The molecule has 6 nitrogen and oxygen atoms in total. The Kier molecular flexibility index (Phi) is 65.2. The van der Waals surface area contributed by atoms with Gasteiger partial charge in [-0.05, 0) is 77.0 Å². The van der Waals surface area contributed by atoms with Crippen LogP contribution in [0, 0.1) is 0 Å². The third-order valence-corrected chi connectivity index (χ3v) is 15.2. The molecular formula is C74H130O6. The maximum absolute atomic E-state index is 12.9. The second kappa shape index (κ2) is 68.1. The zero-order valence-corrected chi connectivity index (χ0v) is 53.1. The molecule has 1 unspecified atom stereocenters. The summed E-state index contributed by atoms with van der Waals surface area (Å²) >= 11 is 0. The molecular weight excluding hydrogens is 985 g/mol. The second-order valence-corrected chi connectivity index (χ2v) is 23.1. The minimum Gasteiger partial charge on any atom is -0.462 e. The monoisotopic (exact) mass is 1110 g/mol. The molecule has 0 saturated heterocycles. The summed E-state index contributed by atoms with van der Waals surface area (Å²) in [6, 6.07) is 0. The van der Waals surface area contributed by atoms with Crippen molar-refractivity contribution in [3.8, 4) is 0 Å². The van der Waals surface area contributed by atoms with Crippen molar-refractivity contribution < 1.29 is 28.6 Å². The summed E-state index contributed by atoms with van der Waals surface area (Å²) in [7, 11) is 0. The van der Waals surface area contributed by atoms with Gasteiger partial charge in [-0.2, -0.15) is 0 Å². The first-order valence-corrected chi connectivity index (χ1v) is 34.6. The molecule has 0 aliphatic rings. The predicted molar refractivity (Wildman–Crippen MR) is 348 cm³/mol. The van der Waals surface area contributed by atoms with Gasteiger partial charge in [-0.15, -0.1) is 0 Å². The largest absolute Gasteiger partial charge is 0.462 e. The number of rotatable bonds is 63. The minimum atomic E-state index is -0.817. The van der Waals surface area contributed by atoms with Crippen LogP contribution in [-0.2, 0) is 28.6 Å². The quantitative estimate of drug-likeness (QED) is 0.0261. The number of allylic oxidation sites excluding steroid dienone is 13. The van der Waals surface area contributed by atoms with Gasteiger partial charge < -0.3 is 14.2 Å². The zero-order chi connectivity index (χ0) is 57.8. The molecule has 462 valence electrons. The van der Waals surface area contributed by atoms with Crippen molar-refractivity contribution in [1.82, 2.24) is 0 Å². The van der Waals surface area contributed by atoms with Crippen LogP contribution in [0.4, 0.5) is 0 Å². The number of carbonyl (C=O) groups excluding carboxylic acids is 3. The molecule has 0 radical (unpaired) electrons. The fraction of sp³-hybridized carbons (Fsp3) is 0.770. The van der Waals surface area contributed by atoms with Crippen molar-refractivity contribution in [3.05, 3.63) is 85.1 Å². The molecule has 0 aromatic carbocycles. The molecule has 0 fully saturated rings. The number of hydrogen-bond acceptors (Lipinski definition) is 6. The van der Waals surface area contributed by atoms with Gasteiger partial charge in [0, 0.05) is 12.8 Å². The molecule has 0 heterocycles. The lowest BCUT2D eigenvalue weighted by molar-refractivity contribution is -0.166. The van der Waals surface area contributed by atoms with Crippen molar-refractivity contribution in [2.45, 2.75) is 354 Å². The summed E-state index contributed by atoms with van der Waals surface area (Å²) in [5.74, 6) is -1.02. The van der Waals surface area contributed by atoms with E-state index < -0.39 is 12.1 Å². The Morgan fingerprint density at radius 3 is 0.875 bits per heavy atom. The van der Waals surface area contributed by atoms with E-state index in [4.69, 9.17) is 14.2 Å². The lowest BCUT2D eigenvalue weighted by atomic mass is 10.0. The molecule has 0 aromatic heterocycles. The average molecular weight is 1120 g/mol. The van der Waals surface area contributed by atoms with Gasteiger partial charge in [0.05, 0.1) is 6.42 Å². The maximum Gasteiger partial charge on any atom is 0.309 e. The lowest BCUT2D eigenvalue weighted by Crippen LogP contribution is -2.30. The summed E-state index contributed by atoms with van der Waals surface area (Å²) in [5.41, 5.74) is 0. The van der Waals surface area contributed by atoms with E-state index >= 15 is 0 Å². The average Bonchev–Trinajstić information content (AvgIpc) is 3.46. The van der Waals surface area contributed by atoms with Crippen molar-refractivity contribution in [1.29, 1.82) is 0 Å². The molecule has 80 heavy (non-hydrogen) atoms. The highest BCUT2D eigenvalue weighted by atomic mass is 16.6. The van der Waals surface area contributed by atoms with Crippen LogP contribution >= 0.6 is 0 Å². The number of ether oxygens (including phenoxy) is 3.